The van der Waals surface area contributed by atoms with E-state index in [1.54, 1.807) is 6.07 Å². The average Bonchev–Trinajstić information content (AvgIpc) is 2.52. The van der Waals surface area contributed by atoms with Gasteiger partial charge in [0.1, 0.15) is 5.82 Å². The first-order chi connectivity index (χ1) is 11.4. The molecule has 0 spiro atoms. The van der Waals surface area contributed by atoms with Gasteiger partial charge in [-0.05, 0) is 30.5 Å². The number of rotatable bonds is 6. The SMILES string of the molecule is CS(=O)(=O)N(CC(=O)NN=Cc1cccc(F)c1)C1CCCCC1. The quantitative estimate of drug-likeness (QED) is 0.625. The number of benzene rings is 1. The van der Waals surface area contributed by atoms with Crippen molar-refractivity contribution in [2.45, 2.75) is 38.1 Å². The summed E-state index contributed by atoms with van der Waals surface area (Å²) >= 11 is 0. The van der Waals surface area contributed by atoms with Gasteiger partial charge in [0.05, 0.1) is 19.0 Å². The van der Waals surface area contributed by atoms with Gasteiger partial charge in [0.25, 0.3) is 5.91 Å². The molecule has 0 aromatic heterocycles. The van der Waals surface area contributed by atoms with E-state index in [0.29, 0.717) is 5.56 Å². The van der Waals surface area contributed by atoms with Crippen molar-refractivity contribution < 1.29 is 17.6 Å². The number of amides is 1. The highest BCUT2D eigenvalue weighted by Gasteiger charge is 2.29. The van der Waals surface area contributed by atoms with Gasteiger partial charge in [-0.15, -0.1) is 0 Å². The predicted molar refractivity (Wildman–Crippen MR) is 90.6 cm³/mol. The zero-order chi connectivity index (χ0) is 17.6. The van der Waals surface area contributed by atoms with E-state index < -0.39 is 21.7 Å². The van der Waals surface area contributed by atoms with Crippen molar-refractivity contribution in [2.75, 3.05) is 12.8 Å². The van der Waals surface area contributed by atoms with Gasteiger partial charge in [0.2, 0.25) is 10.0 Å². The van der Waals surface area contributed by atoms with Gasteiger partial charge in [0, 0.05) is 6.04 Å². The summed E-state index contributed by atoms with van der Waals surface area (Å²) in [6.45, 7) is -0.260. The van der Waals surface area contributed by atoms with Gasteiger partial charge >= 0.3 is 0 Å². The molecule has 1 fully saturated rings. The monoisotopic (exact) mass is 355 g/mol. The van der Waals surface area contributed by atoms with E-state index in [0.717, 1.165) is 38.4 Å². The van der Waals surface area contributed by atoms with Gasteiger partial charge in [-0.1, -0.05) is 31.4 Å². The van der Waals surface area contributed by atoms with E-state index in [1.807, 2.05) is 0 Å². The van der Waals surface area contributed by atoms with Crippen molar-refractivity contribution >= 4 is 22.1 Å². The second-order valence-corrected chi connectivity index (χ2v) is 7.88. The van der Waals surface area contributed by atoms with E-state index in [-0.39, 0.29) is 12.6 Å². The first kappa shape index (κ1) is 18.5. The second kappa shape index (κ2) is 8.34. The zero-order valence-electron chi connectivity index (χ0n) is 13.6. The first-order valence-electron chi connectivity index (χ1n) is 7.90. The number of nitrogens with zero attached hydrogens (tertiary/aromatic N) is 2. The molecule has 0 bridgehead atoms. The van der Waals surface area contributed by atoms with Crippen LogP contribution in [0.25, 0.3) is 0 Å². The highest BCUT2D eigenvalue weighted by molar-refractivity contribution is 7.88. The first-order valence-corrected chi connectivity index (χ1v) is 9.75. The smallest absolute Gasteiger partial charge is 0.255 e. The molecule has 132 valence electrons. The summed E-state index contributed by atoms with van der Waals surface area (Å²) in [5, 5.41) is 3.75. The van der Waals surface area contributed by atoms with Crippen molar-refractivity contribution in [3.63, 3.8) is 0 Å². The maximum Gasteiger partial charge on any atom is 0.255 e. The molecule has 0 heterocycles. The number of hydrogen-bond acceptors (Lipinski definition) is 4. The zero-order valence-corrected chi connectivity index (χ0v) is 14.4. The van der Waals surface area contributed by atoms with Crippen molar-refractivity contribution in [1.82, 2.24) is 9.73 Å². The number of halogens is 1. The molecular weight excluding hydrogens is 333 g/mol. The Bertz CT molecular complexity index is 700. The van der Waals surface area contributed by atoms with Crippen LogP contribution in [0.1, 0.15) is 37.7 Å². The Labute approximate surface area is 141 Å². The Balaban J connectivity index is 1.95. The van der Waals surface area contributed by atoms with Gasteiger partial charge < -0.3 is 0 Å². The van der Waals surface area contributed by atoms with Crippen molar-refractivity contribution in [2.24, 2.45) is 5.10 Å². The highest BCUT2D eigenvalue weighted by atomic mass is 32.2. The minimum absolute atomic E-state index is 0.133. The Kier molecular flexibility index (Phi) is 6.44. The predicted octanol–water partition coefficient (Wildman–Crippen LogP) is 1.87. The Hall–Kier alpha value is -1.80. The molecule has 2 rings (SSSR count). The van der Waals surface area contributed by atoms with Crippen molar-refractivity contribution in [3.8, 4) is 0 Å². The molecule has 1 aliphatic carbocycles. The molecular formula is C16H22FN3O3S. The van der Waals surface area contributed by atoms with Crippen LogP contribution in [0.15, 0.2) is 29.4 Å². The van der Waals surface area contributed by atoms with Crippen LogP contribution in [-0.2, 0) is 14.8 Å². The highest BCUT2D eigenvalue weighted by Crippen LogP contribution is 2.24. The lowest BCUT2D eigenvalue weighted by Crippen LogP contribution is -2.45. The summed E-state index contributed by atoms with van der Waals surface area (Å²) in [4.78, 5) is 12.0. The number of carbonyl (C=O) groups is 1. The van der Waals surface area contributed by atoms with Crippen LogP contribution >= 0.6 is 0 Å². The molecule has 6 nitrogen and oxygen atoms in total. The number of carbonyl (C=O) groups excluding carboxylic acids is 1. The molecule has 1 aromatic carbocycles. The van der Waals surface area contributed by atoms with Crippen LogP contribution in [-0.4, -0.2) is 43.7 Å². The number of nitrogens with one attached hydrogen (secondary N) is 1. The van der Waals surface area contributed by atoms with Crippen LogP contribution in [0, 0.1) is 5.82 Å². The standard InChI is InChI=1S/C16H22FN3O3S/c1-24(22,23)20(15-8-3-2-4-9-15)12-16(21)19-18-11-13-6-5-7-14(17)10-13/h5-7,10-11,15H,2-4,8-9,12H2,1H3,(H,19,21). The summed E-state index contributed by atoms with van der Waals surface area (Å²) in [6.07, 6.45) is 7.00. The molecule has 0 aliphatic heterocycles. The minimum Gasteiger partial charge on any atom is -0.272 e. The molecule has 1 amide bonds. The average molecular weight is 355 g/mol. The van der Waals surface area contributed by atoms with Crippen molar-refractivity contribution in [1.29, 1.82) is 0 Å². The molecule has 24 heavy (non-hydrogen) atoms. The van der Waals surface area contributed by atoms with E-state index in [2.05, 4.69) is 10.5 Å². The largest absolute Gasteiger partial charge is 0.272 e. The maximum absolute atomic E-state index is 13.0. The van der Waals surface area contributed by atoms with E-state index in [9.17, 15) is 17.6 Å². The maximum atomic E-state index is 13.0. The van der Waals surface area contributed by atoms with Gasteiger partial charge in [-0.3, -0.25) is 4.79 Å². The molecule has 1 N–H and O–H groups in total. The summed E-state index contributed by atoms with van der Waals surface area (Å²) in [5.41, 5.74) is 2.80. The van der Waals surface area contributed by atoms with Gasteiger partial charge in [-0.2, -0.15) is 9.41 Å². The fourth-order valence-electron chi connectivity index (χ4n) is 2.83. The molecule has 0 unspecified atom stereocenters. The van der Waals surface area contributed by atoms with Crippen LogP contribution in [0.5, 0.6) is 0 Å². The third-order valence-corrected chi connectivity index (χ3v) is 5.24. The van der Waals surface area contributed by atoms with E-state index in [1.165, 1.54) is 28.7 Å². The van der Waals surface area contributed by atoms with Crippen LogP contribution in [0.3, 0.4) is 0 Å². The van der Waals surface area contributed by atoms with Crippen LogP contribution in [0.2, 0.25) is 0 Å². The molecule has 0 atom stereocenters. The lowest BCUT2D eigenvalue weighted by Gasteiger charge is -2.31. The summed E-state index contributed by atoms with van der Waals surface area (Å²) in [5.74, 6) is -0.913. The molecule has 1 aromatic rings. The topological polar surface area (TPSA) is 78.8 Å². The van der Waals surface area contributed by atoms with Crippen LogP contribution in [0.4, 0.5) is 4.39 Å². The second-order valence-electron chi connectivity index (χ2n) is 5.95. The van der Waals surface area contributed by atoms with E-state index >= 15 is 0 Å². The minimum atomic E-state index is -3.47. The fraction of sp³-hybridized carbons (Fsp3) is 0.500. The fourth-order valence-corrected chi connectivity index (χ4v) is 3.93. The molecule has 1 aliphatic rings. The number of hydrogen-bond donors (Lipinski definition) is 1. The summed E-state index contributed by atoms with van der Waals surface area (Å²) in [7, 11) is -3.47. The molecule has 8 heteroatoms. The van der Waals surface area contributed by atoms with Crippen molar-refractivity contribution in [3.05, 3.63) is 35.6 Å². The number of hydrazone groups is 1. The van der Waals surface area contributed by atoms with E-state index in [4.69, 9.17) is 0 Å². The molecule has 0 radical (unpaired) electrons. The Morgan fingerprint density at radius 1 is 1.38 bits per heavy atom. The van der Waals surface area contributed by atoms with Crippen LogP contribution < -0.4 is 5.43 Å². The lowest BCUT2D eigenvalue weighted by atomic mass is 9.95. The Morgan fingerprint density at radius 2 is 2.08 bits per heavy atom. The number of sulfonamides is 1. The Morgan fingerprint density at radius 3 is 2.71 bits per heavy atom. The normalized spacial score (nSPS) is 16.6. The summed E-state index contributed by atoms with van der Waals surface area (Å²) in [6, 6.07) is 5.63. The van der Waals surface area contributed by atoms with Gasteiger partial charge in [0.15, 0.2) is 0 Å². The third-order valence-electron chi connectivity index (χ3n) is 3.96. The summed E-state index contributed by atoms with van der Waals surface area (Å²) < 4.78 is 38.2. The third kappa shape index (κ3) is 5.68. The molecule has 1 saturated carbocycles. The lowest BCUT2D eigenvalue weighted by molar-refractivity contribution is -0.121. The molecule has 0 saturated heterocycles. The van der Waals surface area contributed by atoms with Gasteiger partial charge in [-0.25, -0.2) is 18.2 Å².